The summed E-state index contributed by atoms with van der Waals surface area (Å²) in [5.74, 6) is -0.948. The van der Waals surface area contributed by atoms with E-state index in [0.717, 1.165) is 60.7 Å². The van der Waals surface area contributed by atoms with Crippen molar-refractivity contribution in [3.63, 3.8) is 0 Å². The van der Waals surface area contributed by atoms with E-state index >= 15 is 0 Å². The Bertz CT molecular complexity index is 1690. The second kappa shape index (κ2) is 20.3. The molecule has 8 nitrogen and oxygen atoms in total. The lowest BCUT2D eigenvalue weighted by Crippen LogP contribution is -2.65. The monoisotopic (exact) mass is 785 g/mol. The van der Waals surface area contributed by atoms with E-state index in [1.165, 1.54) is 11.1 Å². The minimum absolute atomic E-state index is 0.0391. The minimum atomic E-state index is -1.25. The van der Waals surface area contributed by atoms with Crippen LogP contribution in [-0.2, 0) is 17.6 Å². The summed E-state index contributed by atoms with van der Waals surface area (Å²) in [6.07, 6.45) is 18.9. The Morgan fingerprint density at radius 2 is 1.91 bits per heavy atom. The van der Waals surface area contributed by atoms with Crippen molar-refractivity contribution in [1.29, 1.82) is 0 Å². The van der Waals surface area contributed by atoms with Gasteiger partial charge < -0.3 is 30.8 Å². The maximum atomic E-state index is 13.0. The second-order valence-electron chi connectivity index (χ2n) is 17.8. The van der Waals surface area contributed by atoms with Crippen LogP contribution in [-0.4, -0.2) is 82.1 Å². The number of benzene rings is 1. The zero-order chi connectivity index (χ0) is 41.3. The highest BCUT2D eigenvalue weighted by Crippen LogP contribution is 2.67. The molecule has 0 amide bonds. The highest BCUT2D eigenvalue weighted by Gasteiger charge is 2.68. The molecule has 8 heteroatoms. The lowest BCUT2D eigenvalue weighted by Gasteiger charge is -2.61. The Hall–Kier alpha value is -2.95. The number of aldehydes is 1. The van der Waals surface area contributed by atoms with E-state index in [2.05, 4.69) is 73.6 Å². The van der Waals surface area contributed by atoms with Crippen molar-refractivity contribution >= 4 is 6.29 Å². The van der Waals surface area contributed by atoms with E-state index in [-0.39, 0.29) is 36.3 Å². The zero-order valence-electron chi connectivity index (χ0n) is 35.3. The quantitative estimate of drug-likeness (QED) is 0.0338. The van der Waals surface area contributed by atoms with Gasteiger partial charge in [0, 0.05) is 29.9 Å². The number of aliphatic hydroxyl groups excluding tert-OH is 4. The fourth-order valence-electron chi connectivity index (χ4n) is 11.0. The normalized spacial score (nSPS) is 35.7. The molecule has 3 aliphatic carbocycles. The molecule has 2 saturated carbocycles. The Morgan fingerprint density at radius 1 is 1.16 bits per heavy atom. The van der Waals surface area contributed by atoms with E-state index < -0.39 is 35.4 Å². The number of aliphatic hydroxyl groups is 5. The number of carbonyl (C=O) groups is 1. The van der Waals surface area contributed by atoms with Gasteiger partial charge in [-0.05, 0) is 138 Å². The van der Waals surface area contributed by atoms with Gasteiger partial charge in [0.2, 0.25) is 0 Å². The molecule has 4 aliphatic rings. The molecule has 314 valence electrons. The van der Waals surface area contributed by atoms with Gasteiger partial charge in [0.1, 0.15) is 12.5 Å². The van der Waals surface area contributed by atoms with Crippen LogP contribution in [0.15, 0.2) is 95.2 Å². The number of unbranched alkanes of at least 4 members (excludes halogenated alkanes) is 2. The first-order chi connectivity index (χ1) is 27.3. The van der Waals surface area contributed by atoms with E-state index in [1.807, 2.05) is 39.1 Å². The van der Waals surface area contributed by atoms with Crippen LogP contribution in [0.25, 0.3) is 0 Å². The van der Waals surface area contributed by atoms with Crippen LogP contribution in [0, 0.1) is 35.0 Å². The maximum absolute atomic E-state index is 13.0. The molecule has 4 bridgehead atoms. The third-order valence-corrected chi connectivity index (χ3v) is 14.0. The van der Waals surface area contributed by atoms with Crippen LogP contribution in [0.3, 0.4) is 0 Å². The zero-order valence-corrected chi connectivity index (χ0v) is 35.3. The van der Waals surface area contributed by atoms with Gasteiger partial charge in [-0.2, -0.15) is 0 Å². The number of rotatable bonds is 15. The number of hydrogen-bond donors (Lipinski definition) is 7. The molecule has 1 aromatic carbocycles. The van der Waals surface area contributed by atoms with E-state index in [1.54, 1.807) is 0 Å². The van der Waals surface area contributed by atoms with Crippen molar-refractivity contribution in [3.8, 4) is 0 Å². The largest absolute Gasteiger partial charge is 0.396 e. The second-order valence-corrected chi connectivity index (χ2v) is 17.8. The molecule has 1 heterocycles. The molecule has 11 atom stereocenters. The van der Waals surface area contributed by atoms with Crippen molar-refractivity contribution in [3.05, 3.63) is 106 Å². The van der Waals surface area contributed by atoms with Crippen molar-refractivity contribution in [2.24, 2.45) is 35.0 Å². The highest BCUT2D eigenvalue weighted by molar-refractivity contribution is 5.74. The highest BCUT2D eigenvalue weighted by atomic mass is 16.3. The summed E-state index contributed by atoms with van der Waals surface area (Å²) >= 11 is 0. The first-order valence-electron chi connectivity index (χ1n) is 21.8. The lowest BCUT2D eigenvalue weighted by molar-refractivity contribution is -0.194. The third-order valence-electron chi connectivity index (χ3n) is 14.0. The average molecular weight is 785 g/mol. The Kier molecular flexibility index (Phi) is 16.1. The van der Waals surface area contributed by atoms with Crippen LogP contribution < -0.4 is 10.6 Å². The van der Waals surface area contributed by atoms with Crippen molar-refractivity contribution in [2.75, 3.05) is 20.2 Å². The molecule has 0 saturated heterocycles. The summed E-state index contributed by atoms with van der Waals surface area (Å²) in [5, 5.41) is 65.5. The minimum Gasteiger partial charge on any atom is -0.396 e. The summed E-state index contributed by atoms with van der Waals surface area (Å²) in [4.78, 5) is 12.4. The third kappa shape index (κ3) is 9.92. The van der Waals surface area contributed by atoms with Gasteiger partial charge in [-0.3, -0.25) is 10.1 Å². The molecular formula is C49H72N2O6. The summed E-state index contributed by atoms with van der Waals surface area (Å²) in [6, 6.07) is 8.78. The van der Waals surface area contributed by atoms with Crippen LogP contribution in [0.4, 0.5) is 0 Å². The molecule has 1 aromatic rings. The van der Waals surface area contributed by atoms with Crippen molar-refractivity contribution in [1.82, 2.24) is 10.6 Å². The van der Waals surface area contributed by atoms with Gasteiger partial charge in [0.15, 0.2) is 0 Å². The van der Waals surface area contributed by atoms with Gasteiger partial charge in [0.05, 0.1) is 17.8 Å². The molecule has 0 unspecified atom stereocenters. The standard InChI is InChI=1S/C49H72N2O6/c1-7-8-9-16-43(54)41(15-10-12-32(2)39-18-17-33(3)47(56)51-35(5)27-36-13-11-14-37(28-36)29-39)42-21-23-49(46(42)55)45-38(22-26-52)19-20-40(44(45)34(4)31-53)30-48(49,57)24-25-50-6/h10-15,17,19-20,28,31,35,38-40,42-43,45-47,50-52,54-57H,2,7-9,16,18,21-27,29-30H2,1,3-6H3/b12-10+,33-17+,41-15+,44-34?/t35-,38-,39-,40-,42-,43+,45-,46+,47+,48+,49+/m0/s1. The van der Waals surface area contributed by atoms with Crippen molar-refractivity contribution in [2.45, 2.75) is 135 Å². The summed E-state index contributed by atoms with van der Waals surface area (Å²) in [5.41, 5.74) is 4.44. The van der Waals surface area contributed by atoms with Crippen LogP contribution in [0.1, 0.15) is 103 Å². The smallest absolute Gasteiger partial charge is 0.145 e. The first kappa shape index (κ1) is 45.1. The molecule has 1 aliphatic heterocycles. The number of fused-ring (bicyclic) bond motifs is 5. The Labute approximate surface area is 342 Å². The average Bonchev–Trinajstić information content (AvgIpc) is 3.53. The molecule has 5 rings (SSSR count). The van der Waals surface area contributed by atoms with E-state index in [0.29, 0.717) is 57.1 Å². The van der Waals surface area contributed by atoms with E-state index in [4.69, 9.17) is 0 Å². The number of carbonyl (C=O) groups excluding carboxylic acids is 1. The molecule has 1 spiro atoms. The van der Waals surface area contributed by atoms with Crippen molar-refractivity contribution < 1.29 is 30.3 Å². The summed E-state index contributed by atoms with van der Waals surface area (Å²) in [7, 11) is 1.87. The number of allylic oxidation sites excluding steroid dienone is 9. The van der Waals surface area contributed by atoms with E-state index in [9.17, 15) is 30.3 Å². The molecule has 57 heavy (non-hydrogen) atoms. The van der Waals surface area contributed by atoms with Gasteiger partial charge >= 0.3 is 0 Å². The molecule has 0 radical (unpaired) electrons. The Balaban J connectivity index is 1.53. The predicted octanol–water partition coefficient (Wildman–Crippen LogP) is 6.83. The van der Waals surface area contributed by atoms with Gasteiger partial charge in [-0.25, -0.2) is 0 Å². The Morgan fingerprint density at radius 3 is 2.61 bits per heavy atom. The summed E-state index contributed by atoms with van der Waals surface area (Å²) < 4.78 is 0. The van der Waals surface area contributed by atoms with Crippen LogP contribution in [0.5, 0.6) is 0 Å². The van der Waals surface area contributed by atoms with Gasteiger partial charge in [0.25, 0.3) is 0 Å². The fraction of sp³-hybridized carbons (Fsp3) is 0.612. The predicted molar refractivity (Wildman–Crippen MR) is 230 cm³/mol. The summed E-state index contributed by atoms with van der Waals surface area (Å²) in [6.45, 7) is 13.1. The number of nitrogens with one attached hydrogen (secondary N) is 2. The topological polar surface area (TPSA) is 142 Å². The molecule has 2 fully saturated rings. The van der Waals surface area contributed by atoms with Crippen LogP contribution in [0.2, 0.25) is 0 Å². The van der Waals surface area contributed by atoms with Crippen LogP contribution >= 0.6 is 0 Å². The first-order valence-corrected chi connectivity index (χ1v) is 21.8. The lowest BCUT2D eigenvalue weighted by atomic mass is 9.45. The SMILES string of the molecule is C=C(/C=C/C=C(/[C@H](O)CCCCC)[C@@H]1CC[C@]2([C@@H]1O)[C@@H]1C(=C(C)C=O)[C@@H](C=C[C@H]1CCO)C[C@]2(O)CCNC)[C@H]1C/C=C(\C)[C@@H](O)N[C@@H](C)Cc2cccc(c2)C1. The maximum Gasteiger partial charge on any atom is 0.145 e. The number of hydrogen-bond acceptors (Lipinski definition) is 8. The van der Waals surface area contributed by atoms with Gasteiger partial charge in [-0.1, -0.05) is 105 Å². The molecule has 7 N–H and O–H groups in total. The van der Waals surface area contributed by atoms with Gasteiger partial charge in [-0.15, -0.1) is 0 Å². The molecule has 0 aromatic heterocycles. The fourth-order valence-corrected chi connectivity index (χ4v) is 11.0. The molecular weight excluding hydrogens is 713 g/mol.